The van der Waals surface area contributed by atoms with Gasteiger partial charge in [-0.1, -0.05) is 13.8 Å². The van der Waals surface area contributed by atoms with E-state index in [0.29, 0.717) is 29.3 Å². The van der Waals surface area contributed by atoms with Crippen molar-refractivity contribution in [2.75, 3.05) is 26.3 Å². The Morgan fingerprint density at radius 2 is 1.68 bits per heavy atom. The van der Waals surface area contributed by atoms with Gasteiger partial charge in [-0.05, 0) is 74.0 Å². The summed E-state index contributed by atoms with van der Waals surface area (Å²) >= 11 is 0. The molecule has 3 heterocycles. The van der Waals surface area contributed by atoms with E-state index in [1.165, 1.54) is 32.1 Å². The molecule has 3 aliphatic heterocycles. The monoisotopic (exact) mass is 429 g/mol. The Morgan fingerprint density at radius 1 is 0.903 bits per heavy atom. The molecule has 172 valence electrons. The largest absolute Gasteiger partial charge is 0.370 e. The molecule has 0 amide bonds. The third kappa shape index (κ3) is 2.73. The summed E-state index contributed by atoms with van der Waals surface area (Å²) in [6, 6.07) is 0.125. The molecule has 0 aromatic rings. The average molecular weight is 430 g/mol. The lowest BCUT2D eigenvalue weighted by molar-refractivity contribution is -0.188. The highest BCUT2D eigenvalue weighted by molar-refractivity contribution is 5.92. The van der Waals surface area contributed by atoms with Gasteiger partial charge in [-0.3, -0.25) is 9.69 Å². The number of carbonyl (C=O) groups excluding carboxylic acids is 1. The number of ketones is 1. The molecular formula is C26H39NO4. The summed E-state index contributed by atoms with van der Waals surface area (Å²) in [7, 11) is 0. The molecule has 0 aromatic carbocycles. The SMILES string of the molecule is C[C@]12CC3OC3CC1CC[C@@H]1[C@H]2CC[C@]2(C)C(=O)C(N3CCC4(CC3)OCCO4)C[C@@H]12. The number of hydrogen-bond acceptors (Lipinski definition) is 5. The molecule has 1 spiro atoms. The highest BCUT2D eigenvalue weighted by Crippen LogP contribution is 2.67. The molecule has 3 saturated heterocycles. The molecule has 4 unspecified atom stereocenters. The molecule has 4 aliphatic carbocycles. The van der Waals surface area contributed by atoms with Gasteiger partial charge in [-0.2, -0.15) is 0 Å². The minimum Gasteiger partial charge on any atom is -0.370 e. The Kier molecular flexibility index (Phi) is 4.21. The van der Waals surface area contributed by atoms with Crippen molar-refractivity contribution < 1.29 is 19.0 Å². The molecule has 31 heavy (non-hydrogen) atoms. The molecule has 0 radical (unpaired) electrons. The molecule has 5 heteroatoms. The standard InChI is InChI=1S/C26H39NO4/c1-24-6-5-18-17(4-3-16-13-21-22(31-21)15-25(16,18)2)19(24)14-20(23(24)28)27-9-7-26(8-10-27)29-11-12-30-26/h16-22H,3-15H2,1-2H3/t16?,17-,18-,19+,20?,21?,22?,24+,25+/m1/s1. The van der Waals surface area contributed by atoms with Crippen molar-refractivity contribution in [1.29, 1.82) is 0 Å². The quantitative estimate of drug-likeness (QED) is 0.594. The lowest BCUT2D eigenvalue weighted by atomic mass is 9.45. The van der Waals surface area contributed by atoms with E-state index in [1.54, 1.807) is 0 Å². The maximum absolute atomic E-state index is 13.8. The first kappa shape index (κ1) is 19.9. The van der Waals surface area contributed by atoms with Crippen LogP contribution in [-0.4, -0.2) is 61.0 Å². The normalized spacial score (nSPS) is 55.4. The van der Waals surface area contributed by atoms with Crippen LogP contribution in [0.1, 0.15) is 71.6 Å². The number of nitrogens with zero attached hydrogens (tertiary/aromatic N) is 1. The lowest BCUT2D eigenvalue weighted by Gasteiger charge is -2.58. The summed E-state index contributed by atoms with van der Waals surface area (Å²) < 4.78 is 17.9. The summed E-state index contributed by atoms with van der Waals surface area (Å²) in [6.45, 7) is 8.24. The van der Waals surface area contributed by atoms with Crippen molar-refractivity contribution in [3.8, 4) is 0 Å². The van der Waals surface area contributed by atoms with Gasteiger partial charge in [0.05, 0.1) is 31.5 Å². The van der Waals surface area contributed by atoms with Crippen LogP contribution in [0, 0.1) is 34.5 Å². The summed E-state index contributed by atoms with van der Waals surface area (Å²) in [6.07, 6.45) is 11.7. The van der Waals surface area contributed by atoms with E-state index in [2.05, 4.69) is 18.7 Å². The van der Waals surface area contributed by atoms with E-state index in [9.17, 15) is 4.79 Å². The van der Waals surface area contributed by atoms with E-state index >= 15 is 0 Å². The van der Waals surface area contributed by atoms with Crippen LogP contribution >= 0.6 is 0 Å². The van der Waals surface area contributed by atoms with Crippen molar-refractivity contribution in [3.63, 3.8) is 0 Å². The zero-order valence-corrected chi connectivity index (χ0v) is 19.3. The third-order valence-electron chi connectivity index (χ3n) is 11.5. The van der Waals surface area contributed by atoms with Crippen molar-refractivity contribution in [2.24, 2.45) is 34.5 Å². The Bertz CT molecular complexity index is 769. The number of epoxide rings is 1. The third-order valence-corrected chi connectivity index (χ3v) is 11.5. The number of fused-ring (bicyclic) bond motifs is 6. The Morgan fingerprint density at radius 3 is 2.45 bits per heavy atom. The predicted molar refractivity (Wildman–Crippen MR) is 115 cm³/mol. The summed E-state index contributed by atoms with van der Waals surface area (Å²) in [5.74, 6) is 3.17. The molecule has 4 saturated carbocycles. The molecule has 0 aromatic heterocycles. The van der Waals surface area contributed by atoms with Gasteiger partial charge in [0, 0.05) is 31.3 Å². The van der Waals surface area contributed by atoms with Crippen LogP contribution in [0.4, 0.5) is 0 Å². The Balaban J connectivity index is 1.11. The van der Waals surface area contributed by atoms with Crippen LogP contribution < -0.4 is 0 Å². The van der Waals surface area contributed by atoms with E-state index in [0.717, 1.165) is 69.7 Å². The molecule has 7 fully saturated rings. The fourth-order valence-electron chi connectivity index (χ4n) is 9.59. The number of rotatable bonds is 1. The number of hydrogen-bond donors (Lipinski definition) is 0. The first-order chi connectivity index (χ1) is 14.9. The van der Waals surface area contributed by atoms with Gasteiger partial charge in [-0.25, -0.2) is 0 Å². The van der Waals surface area contributed by atoms with Gasteiger partial charge in [0.25, 0.3) is 0 Å². The van der Waals surface area contributed by atoms with Gasteiger partial charge < -0.3 is 14.2 Å². The second kappa shape index (κ2) is 6.55. The topological polar surface area (TPSA) is 51.3 Å². The van der Waals surface area contributed by atoms with Gasteiger partial charge >= 0.3 is 0 Å². The number of piperidine rings is 1. The summed E-state index contributed by atoms with van der Waals surface area (Å²) in [5.41, 5.74) is 0.343. The summed E-state index contributed by atoms with van der Waals surface area (Å²) in [4.78, 5) is 16.3. The Hall–Kier alpha value is -0.490. The first-order valence-corrected chi connectivity index (χ1v) is 13.1. The van der Waals surface area contributed by atoms with Crippen LogP contribution in [0.25, 0.3) is 0 Å². The fraction of sp³-hybridized carbons (Fsp3) is 0.962. The fourth-order valence-corrected chi connectivity index (χ4v) is 9.59. The van der Waals surface area contributed by atoms with Crippen molar-refractivity contribution in [1.82, 2.24) is 4.90 Å². The lowest BCUT2D eigenvalue weighted by Crippen LogP contribution is -2.54. The van der Waals surface area contributed by atoms with Crippen LogP contribution in [0.5, 0.6) is 0 Å². The van der Waals surface area contributed by atoms with Gasteiger partial charge in [0.2, 0.25) is 0 Å². The molecule has 0 bridgehead atoms. The Labute approximate surface area is 186 Å². The number of likely N-dealkylation sites (tertiary alicyclic amines) is 1. The maximum atomic E-state index is 13.8. The van der Waals surface area contributed by atoms with E-state index < -0.39 is 0 Å². The smallest absolute Gasteiger partial charge is 0.170 e. The molecule has 7 rings (SSSR count). The van der Waals surface area contributed by atoms with E-state index in [1.807, 2.05) is 0 Å². The molecule has 7 aliphatic rings. The van der Waals surface area contributed by atoms with Crippen LogP contribution in [0.2, 0.25) is 0 Å². The molecular weight excluding hydrogens is 390 g/mol. The zero-order chi connectivity index (χ0) is 21.0. The molecule has 5 nitrogen and oxygen atoms in total. The highest BCUT2D eigenvalue weighted by atomic mass is 16.7. The average Bonchev–Trinajstić information content (AvgIpc) is 3.25. The first-order valence-electron chi connectivity index (χ1n) is 13.1. The van der Waals surface area contributed by atoms with E-state index in [-0.39, 0.29) is 17.2 Å². The van der Waals surface area contributed by atoms with Crippen molar-refractivity contribution in [3.05, 3.63) is 0 Å². The molecule has 0 N–H and O–H groups in total. The zero-order valence-electron chi connectivity index (χ0n) is 19.3. The molecule has 9 atom stereocenters. The van der Waals surface area contributed by atoms with Gasteiger partial charge in [-0.15, -0.1) is 0 Å². The van der Waals surface area contributed by atoms with Crippen LogP contribution in [0.3, 0.4) is 0 Å². The number of ether oxygens (including phenoxy) is 3. The minimum absolute atomic E-state index is 0.0994. The second-order valence-corrected chi connectivity index (χ2v) is 12.5. The summed E-state index contributed by atoms with van der Waals surface area (Å²) in [5, 5.41) is 0. The van der Waals surface area contributed by atoms with Crippen molar-refractivity contribution in [2.45, 2.75) is 95.7 Å². The number of Topliss-reactive ketones (excluding diaryl/α,β-unsaturated/α-hetero) is 1. The highest BCUT2D eigenvalue weighted by Gasteiger charge is 2.65. The van der Waals surface area contributed by atoms with Crippen LogP contribution in [0.15, 0.2) is 0 Å². The van der Waals surface area contributed by atoms with Crippen molar-refractivity contribution >= 4 is 5.78 Å². The maximum Gasteiger partial charge on any atom is 0.170 e. The number of carbonyl (C=O) groups is 1. The van der Waals surface area contributed by atoms with Crippen LogP contribution in [-0.2, 0) is 19.0 Å². The second-order valence-electron chi connectivity index (χ2n) is 12.5. The minimum atomic E-state index is -0.351. The van der Waals surface area contributed by atoms with Gasteiger partial charge in [0.1, 0.15) is 0 Å². The van der Waals surface area contributed by atoms with Gasteiger partial charge in [0.15, 0.2) is 11.6 Å². The predicted octanol–water partition coefficient (Wildman–Crippen LogP) is 3.79. The van der Waals surface area contributed by atoms with E-state index in [4.69, 9.17) is 14.2 Å².